The van der Waals surface area contributed by atoms with Crippen molar-refractivity contribution in [1.29, 1.82) is 0 Å². The molecular formula is C8H15N2O2+. The van der Waals surface area contributed by atoms with E-state index in [1.165, 1.54) is 7.05 Å². The zero-order valence-corrected chi connectivity index (χ0v) is 7.97. The van der Waals surface area contributed by atoms with Crippen LogP contribution < -0.4 is 5.32 Å². The molecule has 0 heterocycles. The molecule has 4 nitrogen and oxygen atoms in total. The third-order valence-electron chi connectivity index (χ3n) is 1.13. The van der Waals surface area contributed by atoms with Crippen LogP contribution in [0.2, 0.25) is 0 Å². The van der Waals surface area contributed by atoms with Crippen molar-refractivity contribution in [3.63, 3.8) is 0 Å². The Morgan fingerprint density at radius 2 is 1.83 bits per heavy atom. The first-order valence-corrected chi connectivity index (χ1v) is 3.66. The minimum atomic E-state index is -0.431. The van der Waals surface area contributed by atoms with Gasteiger partial charge >= 0.3 is 11.6 Å². The largest absolute Gasteiger partial charge is 0.342 e. The van der Waals surface area contributed by atoms with Crippen LogP contribution in [0.4, 0.5) is 0 Å². The lowest BCUT2D eigenvalue weighted by molar-refractivity contribution is -0.460. The molecule has 0 radical (unpaired) electrons. The van der Waals surface area contributed by atoms with E-state index < -0.39 is 5.91 Å². The van der Waals surface area contributed by atoms with E-state index in [1.807, 2.05) is 20.8 Å². The zero-order chi connectivity index (χ0) is 9.94. The first kappa shape index (κ1) is 10.8. The monoisotopic (exact) mass is 171 g/mol. The van der Waals surface area contributed by atoms with Crippen LogP contribution >= 0.6 is 0 Å². The molecular weight excluding hydrogens is 156 g/mol. The molecule has 12 heavy (non-hydrogen) atoms. The van der Waals surface area contributed by atoms with Gasteiger partial charge in [-0.1, -0.05) is 0 Å². The molecule has 0 aliphatic heterocycles. The van der Waals surface area contributed by atoms with Crippen molar-refractivity contribution in [1.82, 2.24) is 5.32 Å². The van der Waals surface area contributed by atoms with Gasteiger partial charge in [-0.05, 0) is 27.4 Å². The summed E-state index contributed by atoms with van der Waals surface area (Å²) in [5, 5.41) is 2.62. The van der Waals surface area contributed by atoms with Gasteiger partial charge in [-0.15, -0.1) is 0 Å². The molecule has 0 spiro atoms. The van der Waals surface area contributed by atoms with Crippen molar-refractivity contribution in [3.8, 4) is 0 Å². The van der Waals surface area contributed by atoms with Crippen molar-refractivity contribution in [2.24, 2.45) is 0 Å². The molecule has 0 rings (SSSR count). The van der Waals surface area contributed by atoms with Crippen LogP contribution in [0.1, 0.15) is 20.8 Å². The van der Waals surface area contributed by atoms with Crippen molar-refractivity contribution in [3.05, 3.63) is 17.2 Å². The Balaban J connectivity index is 4.25. The molecule has 0 atom stereocenters. The van der Waals surface area contributed by atoms with Crippen molar-refractivity contribution in [2.75, 3.05) is 7.05 Å². The second-order valence-electron chi connectivity index (χ2n) is 3.65. The van der Waals surface area contributed by atoms with Gasteiger partial charge < -0.3 is 5.32 Å². The summed E-state index contributed by atoms with van der Waals surface area (Å²) in [5.74, 6) is -0.431. The molecule has 0 aliphatic carbocycles. The summed E-state index contributed by atoms with van der Waals surface area (Å²) in [7, 11) is 1.24. The molecule has 0 bridgehead atoms. The van der Waals surface area contributed by atoms with Gasteiger partial charge in [-0.25, -0.2) is 0 Å². The van der Waals surface area contributed by atoms with Crippen molar-refractivity contribution in [2.45, 2.75) is 26.3 Å². The van der Waals surface area contributed by atoms with Gasteiger partial charge in [0, 0.05) is 15.2 Å². The summed E-state index contributed by atoms with van der Waals surface area (Å²) in [6.45, 7) is 8.85. The van der Waals surface area contributed by atoms with Gasteiger partial charge in [0.25, 0.3) is 0 Å². The van der Waals surface area contributed by atoms with E-state index in [0.29, 0.717) is 4.76 Å². The number of carbonyl (C=O) groups is 1. The van der Waals surface area contributed by atoms with Gasteiger partial charge in [-0.2, -0.15) is 0 Å². The summed E-state index contributed by atoms with van der Waals surface area (Å²) in [6, 6.07) is 0. The summed E-state index contributed by atoms with van der Waals surface area (Å²) < 4.78 is 0.446. The van der Waals surface area contributed by atoms with Crippen LogP contribution in [-0.2, 0) is 4.79 Å². The number of hydrogen-bond acceptors (Lipinski definition) is 2. The van der Waals surface area contributed by atoms with E-state index in [2.05, 4.69) is 11.9 Å². The number of carbonyl (C=O) groups excluding carboxylic acids is 1. The fraction of sp³-hybridized carbons (Fsp3) is 0.625. The van der Waals surface area contributed by atoms with Gasteiger partial charge in [0.05, 0.1) is 0 Å². The highest BCUT2D eigenvalue weighted by Crippen LogP contribution is 2.00. The zero-order valence-electron chi connectivity index (χ0n) is 7.97. The Morgan fingerprint density at radius 3 is 2.08 bits per heavy atom. The molecule has 0 aromatic heterocycles. The lowest BCUT2D eigenvalue weighted by Gasteiger charge is -2.18. The maximum Gasteiger partial charge on any atom is 0.320 e. The van der Waals surface area contributed by atoms with Gasteiger partial charge in [0.2, 0.25) is 0 Å². The van der Waals surface area contributed by atoms with Gasteiger partial charge in [0.1, 0.15) is 0 Å². The Morgan fingerprint density at radius 1 is 1.42 bits per heavy atom. The summed E-state index contributed by atoms with van der Waals surface area (Å²) in [6.07, 6.45) is 0. The minimum Gasteiger partial charge on any atom is -0.342 e. The predicted octanol–water partition coefficient (Wildman–Crippen LogP) is 0.823. The van der Waals surface area contributed by atoms with Gasteiger partial charge in [-0.3, -0.25) is 4.79 Å². The van der Waals surface area contributed by atoms with Crippen LogP contribution in [0.5, 0.6) is 0 Å². The maximum atomic E-state index is 11.1. The molecule has 0 saturated carbocycles. The molecule has 0 saturated heterocycles. The Bertz CT molecular complexity index is 226. The molecule has 0 aromatic rings. The lowest BCUT2D eigenvalue weighted by Crippen LogP contribution is -2.42. The van der Waals surface area contributed by atoms with E-state index in [1.54, 1.807) is 0 Å². The Labute approximate surface area is 72.2 Å². The Hall–Kier alpha value is -1.19. The number of rotatable bonds is 2. The second kappa shape index (κ2) is 3.47. The smallest absolute Gasteiger partial charge is 0.320 e. The molecule has 1 N–H and O–H groups in total. The number of nitrogens with one attached hydrogen (secondary N) is 1. The van der Waals surface area contributed by atoms with Crippen LogP contribution in [0.3, 0.4) is 0 Å². The van der Waals surface area contributed by atoms with Gasteiger partial charge in [0.15, 0.2) is 7.05 Å². The van der Waals surface area contributed by atoms with Crippen LogP contribution in [0.15, 0.2) is 12.3 Å². The second-order valence-corrected chi connectivity index (χ2v) is 3.65. The number of amides is 1. The summed E-state index contributed by atoms with van der Waals surface area (Å²) in [4.78, 5) is 21.8. The molecule has 0 aliphatic rings. The number of nitroso groups, excluding NO2 is 1. The molecule has 4 heteroatoms. The topological polar surface area (TPSA) is 49.2 Å². The molecule has 0 unspecified atom stereocenters. The van der Waals surface area contributed by atoms with Crippen molar-refractivity contribution < 1.29 is 9.55 Å². The number of likely N-dealkylation sites (N-methyl/N-ethyl adjacent to an activating group) is 1. The molecule has 0 fully saturated rings. The standard InChI is InChI=1S/C8H14N2O2/c1-6(10(5)12)7(11)9-8(2,3)4/h1H2,2-5H3/p+1. The fourth-order valence-corrected chi connectivity index (χ4v) is 0.556. The first-order chi connectivity index (χ1) is 5.24. The highest BCUT2D eigenvalue weighted by atomic mass is 16.3. The highest BCUT2D eigenvalue weighted by molar-refractivity contribution is 5.90. The molecule has 1 amide bonds. The first-order valence-electron chi connectivity index (χ1n) is 3.66. The Kier molecular flexibility index (Phi) is 3.13. The number of hydrogen-bond donors (Lipinski definition) is 1. The average Bonchev–Trinajstić information content (AvgIpc) is 1.82. The highest BCUT2D eigenvalue weighted by Gasteiger charge is 2.23. The molecule has 0 aromatic carbocycles. The maximum absolute atomic E-state index is 11.1. The quantitative estimate of drug-likeness (QED) is 0.494. The molecule has 68 valence electrons. The fourth-order valence-electron chi connectivity index (χ4n) is 0.556. The van der Waals surface area contributed by atoms with E-state index in [9.17, 15) is 9.70 Å². The average molecular weight is 171 g/mol. The van der Waals surface area contributed by atoms with Crippen LogP contribution in [0.25, 0.3) is 0 Å². The van der Waals surface area contributed by atoms with Crippen molar-refractivity contribution >= 4 is 5.91 Å². The summed E-state index contributed by atoms with van der Waals surface area (Å²) in [5.41, 5.74) is -0.416. The van der Waals surface area contributed by atoms with E-state index in [-0.39, 0.29) is 11.2 Å². The third kappa shape index (κ3) is 3.85. The van der Waals surface area contributed by atoms with E-state index in [0.717, 1.165) is 0 Å². The minimum absolute atomic E-state index is 0.0788. The third-order valence-corrected chi connectivity index (χ3v) is 1.13. The van der Waals surface area contributed by atoms with E-state index in [4.69, 9.17) is 0 Å². The number of nitrogens with zero attached hydrogens (tertiary/aromatic N) is 1. The predicted molar refractivity (Wildman–Crippen MR) is 46.6 cm³/mol. The van der Waals surface area contributed by atoms with Crippen LogP contribution in [0, 0.1) is 4.91 Å². The normalized spacial score (nSPS) is 10.7. The van der Waals surface area contributed by atoms with Crippen LogP contribution in [-0.4, -0.2) is 23.3 Å². The van der Waals surface area contributed by atoms with E-state index >= 15 is 0 Å². The lowest BCUT2D eigenvalue weighted by atomic mass is 10.1. The summed E-state index contributed by atoms with van der Waals surface area (Å²) >= 11 is 0. The SMILES string of the molecule is C=C(C(=O)NC(C)(C)C)[N+](C)=O.